The van der Waals surface area contributed by atoms with Gasteiger partial charge < -0.3 is 5.32 Å². The molecule has 2 atom stereocenters. The Morgan fingerprint density at radius 1 is 1.29 bits per heavy atom. The Balaban J connectivity index is 2.33. The van der Waals surface area contributed by atoms with E-state index in [1.165, 1.54) is 19.3 Å². The van der Waals surface area contributed by atoms with Gasteiger partial charge in [-0.3, -0.25) is 0 Å². The van der Waals surface area contributed by atoms with Gasteiger partial charge in [-0.1, -0.05) is 6.42 Å². The predicted octanol–water partition coefficient (Wildman–Crippen LogP) is 2.81. The van der Waals surface area contributed by atoms with Gasteiger partial charge in [0.15, 0.2) is 0 Å². The van der Waals surface area contributed by atoms with Gasteiger partial charge in [0, 0.05) is 12.0 Å². The van der Waals surface area contributed by atoms with Crippen molar-refractivity contribution in [3.63, 3.8) is 0 Å². The summed E-state index contributed by atoms with van der Waals surface area (Å²) in [6.45, 7) is 7.80. The summed E-state index contributed by atoms with van der Waals surface area (Å²) in [6, 6.07) is 0. The maximum absolute atomic E-state index is 5.38. The molecule has 80 valence electrons. The summed E-state index contributed by atoms with van der Waals surface area (Å²) in [5, 5.41) is 3.58. The van der Waals surface area contributed by atoms with E-state index in [1.807, 2.05) is 0 Å². The molecule has 0 aromatic carbocycles. The summed E-state index contributed by atoms with van der Waals surface area (Å²) in [6.07, 6.45) is 10.4. The van der Waals surface area contributed by atoms with Crippen LogP contribution in [0, 0.1) is 24.2 Å². The molecule has 0 bridgehead atoms. The van der Waals surface area contributed by atoms with Crippen LogP contribution in [-0.2, 0) is 0 Å². The molecule has 0 aliphatic heterocycles. The van der Waals surface area contributed by atoms with Crippen LogP contribution in [0.15, 0.2) is 0 Å². The second kappa shape index (κ2) is 4.84. The zero-order valence-corrected chi connectivity index (χ0v) is 9.77. The molecule has 1 rings (SSSR count). The lowest BCUT2D eigenvalue weighted by atomic mass is 9.92. The molecule has 0 aromatic heterocycles. The van der Waals surface area contributed by atoms with Crippen molar-refractivity contribution < 1.29 is 0 Å². The zero-order chi connectivity index (χ0) is 10.6. The summed E-state index contributed by atoms with van der Waals surface area (Å²) < 4.78 is 0. The third-order valence-corrected chi connectivity index (χ3v) is 3.09. The van der Waals surface area contributed by atoms with Gasteiger partial charge in [-0.25, -0.2) is 0 Å². The fourth-order valence-electron chi connectivity index (χ4n) is 2.24. The van der Waals surface area contributed by atoms with Crippen LogP contribution in [0.3, 0.4) is 0 Å². The minimum absolute atomic E-state index is 0.239. The molecule has 1 heteroatoms. The van der Waals surface area contributed by atoms with E-state index in [1.54, 1.807) is 0 Å². The topological polar surface area (TPSA) is 12.0 Å². The Hall–Kier alpha value is -0.480. The van der Waals surface area contributed by atoms with Crippen molar-refractivity contribution in [3.8, 4) is 12.3 Å². The molecular formula is C13H23N. The molecule has 0 spiro atoms. The van der Waals surface area contributed by atoms with Crippen LogP contribution in [0.1, 0.15) is 46.5 Å². The molecular weight excluding hydrogens is 170 g/mol. The van der Waals surface area contributed by atoms with E-state index in [9.17, 15) is 0 Å². The summed E-state index contributed by atoms with van der Waals surface area (Å²) in [5.41, 5.74) is 0.239. The number of terminal acetylenes is 1. The Kier molecular flexibility index (Phi) is 4.01. The average molecular weight is 193 g/mol. The Bertz CT molecular complexity index is 206. The number of hydrogen-bond acceptors (Lipinski definition) is 1. The molecule has 0 amide bonds. The van der Waals surface area contributed by atoms with E-state index >= 15 is 0 Å². The molecule has 1 aliphatic rings. The highest BCUT2D eigenvalue weighted by molar-refractivity contribution is 4.92. The highest BCUT2D eigenvalue weighted by Gasteiger charge is 2.27. The maximum Gasteiger partial charge on any atom is 0.0117 e. The smallest absolute Gasteiger partial charge is 0.0117 e. The van der Waals surface area contributed by atoms with Gasteiger partial charge in [-0.05, 0) is 52.0 Å². The maximum atomic E-state index is 5.38. The lowest BCUT2D eigenvalue weighted by molar-refractivity contribution is 0.321. The highest BCUT2D eigenvalue weighted by atomic mass is 14.9. The van der Waals surface area contributed by atoms with Crippen molar-refractivity contribution in [2.75, 3.05) is 6.54 Å². The van der Waals surface area contributed by atoms with Crippen LogP contribution in [0.2, 0.25) is 0 Å². The van der Waals surface area contributed by atoms with E-state index in [0.717, 1.165) is 24.8 Å². The van der Waals surface area contributed by atoms with E-state index in [0.29, 0.717) is 0 Å². The second-order valence-electron chi connectivity index (χ2n) is 5.49. The molecule has 0 aromatic rings. The summed E-state index contributed by atoms with van der Waals surface area (Å²) in [5.74, 6) is 4.39. The third-order valence-electron chi connectivity index (χ3n) is 3.09. The standard InChI is InChI=1S/C13H23N/c1-5-7-11-8-6-9-12(11)10-14-13(2,3)4/h1,11-12,14H,6-10H2,2-4H3. The third kappa shape index (κ3) is 3.72. The van der Waals surface area contributed by atoms with Gasteiger partial charge in [0.05, 0.1) is 0 Å². The van der Waals surface area contributed by atoms with Crippen molar-refractivity contribution in [3.05, 3.63) is 0 Å². The largest absolute Gasteiger partial charge is 0.312 e. The lowest BCUT2D eigenvalue weighted by Gasteiger charge is -2.25. The fraction of sp³-hybridized carbons (Fsp3) is 0.846. The van der Waals surface area contributed by atoms with Crippen molar-refractivity contribution in [1.82, 2.24) is 5.32 Å². The average Bonchev–Trinajstić information content (AvgIpc) is 2.48. The molecule has 0 heterocycles. The highest BCUT2D eigenvalue weighted by Crippen LogP contribution is 2.33. The Labute approximate surface area is 88.7 Å². The predicted molar refractivity (Wildman–Crippen MR) is 62.0 cm³/mol. The first-order valence-corrected chi connectivity index (χ1v) is 5.71. The molecule has 14 heavy (non-hydrogen) atoms. The molecule has 1 N–H and O–H groups in total. The quantitative estimate of drug-likeness (QED) is 0.680. The summed E-state index contributed by atoms with van der Waals surface area (Å²) >= 11 is 0. The Morgan fingerprint density at radius 3 is 2.50 bits per heavy atom. The summed E-state index contributed by atoms with van der Waals surface area (Å²) in [4.78, 5) is 0. The second-order valence-corrected chi connectivity index (χ2v) is 5.49. The molecule has 1 aliphatic carbocycles. The minimum Gasteiger partial charge on any atom is -0.312 e. The van der Waals surface area contributed by atoms with E-state index in [2.05, 4.69) is 32.0 Å². The SMILES string of the molecule is C#CCC1CCCC1CNC(C)(C)C. The first-order valence-electron chi connectivity index (χ1n) is 5.71. The van der Waals surface area contributed by atoms with Gasteiger partial charge in [0.1, 0.15) is 0 Å². The van der Waals surface area contributed by atoms with Crippen molar-refractivity contribution in [2.24, 2.45) is 11.8 Å². The van der Waals surface area contributed by atoms with Crippen molar-refractivity contribution >= 4 is 0 Å². The number of hydrogen-bond donors (Lipinski definition) is 1. The van der Waals surface area contributed by atoms with Crippen LogP contribution in [0.5, 0.6) is 0 Å². The Morgan fingerprint density at radius 2 is 1.93 bits per heavy atom. The zero-order valence-electron chi connectivity index (χ0n) is 9.77. The molecule has 1 saturated carbocycles. The molecule has 1 nitrogen and oxygen atoms in total. The molecule has 0 radical (unpaired) electrons. The molecule has 1 fully saturated rings. The number of nitrogens with one attached hydrogen (secondary N) is 1. The normalized spacial score (nSPS) is 27.6. The van der Waals surface area contributed by atoms with Gasteiger partial charge in [-0.15, -0.1) is 12.3 Å². The van der Waals surface area contributed by atoms with E-state index in [-0.39, 0.29) is 5.54 Å². The van der Waals surface area contributed by atoms with E-state index < -0.39 is 0 Å². The van der Waals surface area contributed by atoms with Crippen LogP contribution in [0.4, 0.5) is 0 Å². The minimum atomic E-state index is 0.239. The van der Waals surface area contributed by atoms with Gasteiger partial charge >= 0.3 is 0 Å². The lowest BCUT2D eigenvalue weighted by Crippen LogP contribution is -2.39. The van der Waals surface area contributed by atoms with E-state index in [4.69, 9.17) is 6.42 Å². The first kappa shape index (κ1) is 11.6. The van der Waals surface area contributed by atoms with Gasteiger partial charge in [0.25, 0.3) is 0 Å². The fourth-order valence-corrected chi connectivity index (χ4v) is 2.24. The number of rotatable bonds is 3. The van der Waals surface area contributed by atoms with Crippen LogP contribution < -0.4 is 5.32 Å². The van der Waals surface area contributed by atoms with Crippen molar-refractivity contribution in [1.29, 1.82) is 0 Å². The van der Waals surface area contributed by atoms with Crippen molar-refractivity contribution in [2.45, 2.75) is 52.0 Å². The van der Waals surface area contributed by atoms with Gasteiger partial charge in [-0.2, -0.15) is 0 Å². The van der Waals surface area contributed by atoms with Gasteiger partial charge in [0.2, 0.25) is 0 Å². The monoisotopic (exact) mass is 193 g/mol. The van der Waals surface area contributed by atoms with Crippen LogP contribution in [0.25, 0.3) is 0 Å². The first-order chi connectivity index (χ1) is 6.53. The molecule has 0 saturated heterocycles. The van der Waals surface area contributed by atoms with Crippen LogP contribution >= 0.6 is 0 Å². The van der Waals surface area contributed by atoms with Crippen LogP contribution in [-0.4, -0.2) is 12.1 Å². The molecule has 2 unspecified atom stereocenters. The summed E-state index contributed by atoms with van der Waals surface area (Å²) in [7, 11) is 0.